The van der Waals surface area contributed by atoms with Crippen LogP contribution >= 0.6 is 11.3 Å². The number of fused-ring (bicyclic) bond motifs is 2. The number of hydrogen-bond acceptors (Lipinski definition) is 6. The first kappa shape index (κ1) is 11.3. The van der Waals surface area contributed by atoms with Crippen molar-refractivity contribution >= 4 is 32.6 Å². The molecule has 0 radical (unpaired) electrons. The van der Waals surface area contributed by atoms with Crippen LogP contribution in [0.25, 0.3) is 21.3 Å². The van der Waals surface area contributed by atoms with E-state index in [0.717, 1.165) is 11.1 Å². The Morgan fingerprint density at radius 1 is 1.15 bits per heavy atom. The minimum Gasteiger partial charge on any atom is -0.294 e. The van der Waals surface area contributed by atoms with Gasteiger partial charge in [0.25, 0.3) is 5.56 Å². The minimum atomic E-state index is -0.0247. The van der Waals surface area contributed by atoms with Crippen molar-refractivity contribution in [2.24, 2.45) is 0 Å². The van der Waals surface area contributed by atoms with Crippen LogP contribution in [0.2, 0.25) is 0 Å². The predicted molar refractivity (Wildman–Crippen MR) is 74.8 cm³/mol. The maximum atomic E-state index is 12.3. The zero-order chi connectivity index (χ0) is 13.5. The van der Waals surface area contributed by atoms with Crippen molar-refractivity contribution < 1.29 is 4.63 Å². The molecule has 4 rings (SSSR count). The summed E-state index contributed by atoms with van der Waals surface area (Å²) in [5, 5.41) is 9.42. The smallest absolute Gasteiger partial charge is 0.271 e. The molecule has 0 aliphatic heterocycles. The van der Waals surface area contributed by atoms with Crippen LogP contribution in [-0.2, 0) is 6.54 Å². The molecule has 7 heteroatoms. The van der Waals surface area contributed by atoms with Crippen LogP contribution in [0.3, 0.4) is 0 Å². The first-order chi connectivity index (χ1) is 9.81. The van der Waals surface area contributed by atoms with Gasteiger partial charge in [-0.2, -0.15) is 0 Å². The fourth-order valence-corrected chi connectivity index (χ4v) is 2.91. The summed E-state index contributed by atoms with van der Waals surface area (Å²) in [4.78, 5) is 16.6. The fraction of sp³-hybridized carbons (Fsp3) is 0.0769. The molecule has 0 aliphatic carbocycles. The highest BCUT2D eigenvalue weighted by atomic mass is 32.1. The molecule has 1 aromatic carbocycles. The average Bonchev–Trinajstić information content (AvgIpc) is 3.10. The highest BCUT2D eigenvalue weighted by molar-refractivity contribution is 7.17. The van der Waals surface area contributed by atoms with Crippen LogP contribution in [0.15, 0.2) is 45.4 Å². The second-order valence-corrected chi connectivity index (χ2v) is 5.32. The van der Waals surface area contributed by atoms with Crippen molar-refractivity contribution in [2.45, 2.75) is 6.54 Å². The Balaban J connectivity index is 1.79. The summed E-state index contributed by atoms with van der Waals surface area (Å²) in [6.07, 6.45) is 1.57. The number of aromatic nitrogens is 4. The molecule has 0 aliphatic rings. The number of rotatable bonds is 2. The summed E-state index contributed by atoms with van der Waals surface area (Å²) in [7, 11) is 0. The lowest BCUT2D eigenvalue weighted by atomic mass is 10.2. The zero-order valence-electron chi connectivity index (χ0n) is 10.2. The Hall–Kier alpha value is -2.54. The van der Waals surface area contributed by atoms with Gasteiger partial charge in [-0.25, -0.2) is 9.61 Å². The van der Waals surface area contributed by atoms with E-state index in [2.05, 4.69) is 19.9 Å². The van der Waals surface area contributed by atoms with Gasteiger partial charge in [0, 0.05) is 0 Å². The molecule has 0 N–H and O–H groups in total. The summed E-state index contributed by atoms with van der Waals surface area (Å²) in [5.74, 6) is 0. The standard InChI is InChI=1S/C13H8N4O2S/c18-13-12-10(3-4-20-12)14-7-17(13)6-8-1-2-9-11(5-8)16-19-15-9/h1-5,7H,6H2. The molecule has 0 amide bonds. The Kier molecular flexibility index (Phi) is 2.40. The molecule has 0 fully saturated rings. The van der Waals surface area contributed by atoms with Crippen molar-refractivity contribution in [1.29, 1.82) is 0 Å². The van der Waals surface area contributed by atoms with E-state index in [1.54, 1.807) is 10.9 Å². The Morgan fingerprint density at radius 3 is 3.00 bits per heavy atom. The molecular formula is C13H8N4O2S. The van der Waals surface area contributed by atoms with E-state index in [1.165, 1.54) is 11.3 Å². The van der Waals surface area contributed by atoms with Gasteiger partial charge in [-0.3, -0.25) is 9.36 Å². The van der Waals surface area contributed by atoms with E-state index in [9.17, 15) is 4.79 Å². The molecule has 0 atom stereocenters. The fourth-order valence-electron chi connectivity index (χ4n) is 2.11. The molecule has 0 spiro atoms. The third-order valence-electron chi connectivity index (χ3n) is 3.11. The maximum absolute atomic E-state index is 12.3. The van der Waals surface area contributed by atoms with Crippen LogP contribution in [0, 0.1) is 0 Å². The Morgan fingerprint density at radius 2 is 2.05 bits per heavy atom. The first-order valence-corrected chi connectivity index (χ1v) is 6.83. The van der Waals surface area contributed by atoms with Crippen molar-refractivity contribution in [3.63, 3.8) is 0 Å². The number of nitrogens with zero attached hydrogens (tertiary/aromatic N) is 4. The monoisotopic (exact) mass is 284 g/mol. The minimum absolute atomic E-state index is 0.0247. The van der Waals surface area contributed by atoms with Gasteiger partial charge in [0.2, 0.25) is 0 Å². The van der Waals surface area contributed by atoms with E-state index < -0.39 is 0 Å². The lowest BCUT2D eigenvalue weighted by molar-refractivity contribution is 0.315. The van der Waals surface area contributed by atoms with Gasteiger partial charge in [0.05, 0.1) is 18.4 Å². The summed E-state index contributed by atoms with van der Waals surface area (Å²) in [5.41, 5.74) is 3.05. The van der Waals surface area contributed by atoms with Gasteiger partial charge in [-0.05, 0) is 39.5 Å². The van der Waals surface area contributed by atoms with Crippen LogP contribution in [0.4, 0.5) is 0 Å². The molecule has 6 nitrogen and oxygen atoms in total. The molecule has 3 heterocycles. The maximum Gasteiger partial charge on any atom is 0.271 e. The second kappa shape index (κ2) is 4.24. The summed E-state index contributed by atoms with van der Waals surface area (Å²) < 4.78 is 6.93. The molecule has 0 saturated carbocycles. The van der Waals surface area contributed by atoms with E-state index in [1.807, 2.05) is 29.6 Å². The summed E-state index contributed by atoms with van der Waals surface area (Å²) in [6, 6.07) is 7.43. The highest BCUT2D eigenvalue weighted by Gasteiger charge is 2.07. The largest absolute Gasteiger partial charge is 0.294 e. The number of hydrogen-bond donors (Lipinski definition) is 0. The van der Waals surface area contributed by atoms with Gasteiger partial charge in [0.15, 0.2) is 0 Å². The van der Waals surface area contributed by atoms with Gasteiger partial charge >= 0.3 is 0 Å². The SMILES string of the molecule is O=c1c2sccc2ncn1Cc1ccc2nonc2c1. The third-order valence-corrected chi connectivity index (χ3v) is 4.00. The van der Waals surface area contributed by atoms with Crippen molar-refractivity contribution in [3.8, 4) is 0 Å². The van der Waals surface area contributed by atoms with Crippen LogP contribution in [-0.4, -0.2) is 19.9 Å². The number of thiophene rings is 1. The van der Waals surface area contributed by atoms with Crippen molar-refractivity contribution in [1.82, 2.24) is 19.9 Å². The summed E-state index contributed by atoms with van der Waals surface area (Å²) in [6.45, 7) is 0.447. The lowest BCUT2D eigenvalue weighted by Gasteiger charge is -2.04. The molecule has 98 valence electrons. The molecule has 0 saturated heterocycles. The summed E-state index contributed by atoms with van der Waals surface area (Å²) >= 11 is 1.41. The van der Waals surface area contributed by atoms with Gasteiger partial charge in [-0.15, -0.1) is 11.3 Å². The van der Waals surface area contributed by atoms with Gasteiger partial charge < -0.3 is 0 Å². The predicted octanol–water partition coefficient (Wildman–Crippen LogP) is 2.04. The molecular weight excluding hydrogens is 276 g/mol. The third kappa shape index (κ3) is 1.71. The van der Waals surface area contributed by atoms with E-state index in [4.69, 9.17) is 0 Å². The van der Waals surface area contributed by atoms with Crippen LogP contribution < -0.4 is 5.56 Å². The van der Waals surface area contributed by atoms with Crippen LogP contribution in [0.1, 0.15) is 5.56 Å². The molecule has 0 unspecified atom stereocenters. The Bertz CT molecular complexity index is 969. The second-order valence-electron chi connectivity index (χ2n) is 4.40. The molecule has 3 aromatic heterocycles. The lowest BCUT2D eigenvalue weighted by Crippen LogP contribution is -2.20. The van der Waals surface area contributed by atoms with E-state index >= 15 is 0 Å². The average molecular weight is 284 g/mol. The zero-order valence-corrected chi connectivity index (χ0v) is 11.0. The Labute approximate surface area is 116 Å². The van der Waals surface area contributed by atoms with Crippen molar-refractivity contribution in [3.05, 3.63) is 51.9 Å². The molecule has 0 bridgehead atoms. The molecule has 4 aromatic rings. The van der Waals surface area contributed by atoms with E-state index in [0.29, 0.717) is 22.3 Å². The van der Waals surface area contributed by atoms with E-state index in [-0.39, 0.29) is 5.56 Å². The topological polar surface area (TPSA) is 73.8 Å². The first-order valence-electron chi connectivity index (χ1n) is 5.95. The van der Waals surface area contributed by atoms with Gasteiger partial charge in [-0.1, -0.05) is 6.07 Å². The quantitative estimate of drug-likeness (QED) is 0.563. The highest BCUT2D eigenvalue weighted by Crippen LogP contribution is 2.15. The molecule has 20 heavy (non-hydrogen) atoms. The van der Waals surface area contributed by atoms with Crippen LogP contribution in [0.5, 0.6) is 0 Å². The van der Waals surface area contributed by atoms with Crippen molar-refractivity contribution in [2.75, 3.05) is 0 Å². The number of benzene rings is 1. The van der Waals surface area contributed by atoms with Gasteiger partial charge in [0.1, 0.15) is 15.7 Å². The normalized spacial score (nSPS) is 11.4.